The highest BCUT2D eigenvalue weighted by Gasteiger charge is 2.11. The molecule has 1 atom stereocenters. The van der Waals surface area contributed by atoms with Gasteiger partial charge < -0.3 is 29.9 Å². The van der Waals surface area contributed by atoms with E-state index in [-0.39, 0.29) is 29.4 Å². The van der Waals surface area contributed by atoms with Crippen LogP contribution >= 0.6 is 0 Å². The number of hydrogen-bond donors (Lipinski definition) is 4. The SMILES string of the molecule is COc1ccc(C=CC(=O)c2ccc(OCC(O)CO)cc2O)cc1O. The van der Waals surface area contributed by atoms with Crippen molar-refractivity contribution in [1.29, 1.82) is 0 Å². The molecule has 7 nitrogen and oxygen atoms in total. The molecule has 0 amide bonds. The first-order valence-electron chi connectivity index (χ1n) is 7.78. The second-order valence-electron chi connectivity index (χ2n) is 5.46. The molecule has 0 aliphatic heterocycles. The minimum atomic E-state index is -1.03. The van der Waals surface area contributed by atoms with Gasteiger partial charge in [-0.1, -0.05) is 12.1 Å². The molecule has 4 N–H and O–H groups in total. The van der Waals surface area contributed by atoms with Crippen molar-refractivity contribution < 1.29 is 34.7 Å². The molecule has 0 spiro atoms. The van der Waals surface area contributed by atoms with E-state index in [4.69, 9.17) is 14.6 Å². The lowest BCUT2D eigenvalue weighted by Crippen LogP contribution is -2.21. The van der Waals surface area contributed by atoms with Crippen molar-refractivity contribution >= 4 is 11.9 Å². The summed E-state index contributed by atoms with van der Waals surface area (Å²) in [6.45, 7) is -0.571. The molecule has 0 aliphatic carbocycles. The number of aliphatic hydroxyl groups excluding tert-OH is 2. The number of aromatic hydroxyl groups is 2. The summed E-state index contributed by atoms with van der Waals surface area (Å²) in [5.74, 6) is -0.159. The smallest absolute Gasteiger partial charge is 0.189 e. The van der Waals surface area contributed by atoms with Crippen LogP contribution in [0.15, 0.2) is 42.5 Å². The van der Waals surface area contributed by atoms with E-state index in [0.717, 1.165) is 0 Å². The van der Waals surface area contributed by atoms with Gasteiger partial charge in [0.25, 0.3) is 0 Å². The standard InChI is InChI=1S/C19H20O7/c1-25-19-7-3-12(8-18(19)24)2-6-16(22)15-5-4-14(9-17(15)23)26-11-13(21)10-20/h2-9,13,20-21,23-24H,10-11H2,1H3. The van der Waals surface area contributed by atoms with E-state index in [9.17, 15) is 20.1 Å². The second-order valence-corrected chi connectivity index (χ2v) is 5.46. The van der Waals surface area contributed by atoms with E-state index in [1.54, 1.807) is 12.1 Å². The number of methoxy groups -OCH3 is 1. The van der Waals surface area contributed by atoms with Gasteiger partial charge >= 0.3 is 0 Å². The summed E-state index contributed by atoms with van der Waals surface area (Å²) in [7, 11) is 1.44. The second kappa shape index (κ2) is 8.89. The Morgan fingerprint density at radius 3 is 2.54 bits per heavy atom. The highest BCUT2D eigenvalue weighted by molar-refractivity contribution is 6.08. The Kier molecular flexibility index (Phi) is 6.60. The third-order valence-electron chi connectivity index (χ3n) is 3.52. The van der Waals surface area contributed by atoms with Gasteiger partial charge in [-0.3, -0.25) is 4.79 Å². The number of ketones is 1. The van der Waals surface area contributed by atoms with Crippen molar-refractivity contribution in [1.82, 2.24) is 0 Å². The van der Waals surface area contributed by atoms with Crippen molar-refractivity contribution in [3.63, 3.8) is 0 Å². The molecule has 1 unspecified atom stereocenters. The van der Waals surface area contributed by atoms with E-state index in [0.29, 0.717) is 11.3 Å². The summed E-state index contributed by atoms with van der Waals surface area (Å²) >= 11 is 0. The number of carbonyl (C=O) groups is 1. The molecule has 138 valence electrons. The van der Waals surface area contributed by atoms with Crippen LogP contribution in [-0.4, -0.2) is 52.6 Å². The van der Waals surface area contributed by atoms with Crippen LogP contribution in [0, 0.1) is 0 Å². The van der Waals surface area contributed by atoms with Crippen LogP contribution < -0.4 is 9.47 Å². The molecule has 0 radical (unpaired) electrons. The third kappa shape index (κ3) is 4.98. The summed E-state index contributed by atoms with van der Waals surface area (Å²) in [6.07, 6.45) is 1.75. The Labute approximate surface area is 150 Å². The molecule has 0 saturated carbocycles. The van der Waals surface area contributed by atoms with Gasteiger partial charge in [0.2, 0.25) is 0 Å². The number of carbonyl (C=O) groups excluding carboxylic acids is 1. The molecule has 2 aromatic carbocycles. The summed E-state index contributed by atoms with van der Waals surface area (Å²) < 4.78 is 10.1. The topological polar surface area (TPSA) is 116 Å². The number of benzene rings is 2. The number of phenolic OH excluding ortho intramolecular Hbond substituents is 2. The first kappa shape index (κ1) is 19.3. The zero-order chi connectivity index (χ0) is 19.1. The highest BCUT2D eigenvalue weighted by atomic mass is 16.5. The molecular weight excluding hydrogens is 340 g/mol. The molecule has 26 heavy (non-hydrogen) atoms. The van der Waals surface area contributed by atoms with Crippen molar-refractivity contribution in [2.75, 3.05) is 20.3 Å². The monoisotopic (exact) mass is 360 g/mol. The Balaban J connectivity index is 2.08. The molecule has 0 bridgehead atoms. The molecule has 0 saturated heterocycles. The van der Waals surface area contributed by atoms with E-state index < -0.39 is 18.5 Å². The molecule has 0 heterocycles. The fourth-order valence-electron chi connectivity index (χ4n) is 2.13. The molecule has 2 aromatic rings. The summed E-state index contributed by atoms with van der Waals surface area (Å²) in [5, 5.41) is 37.7. The third-order valence-corrected chi connectivity index (χ3v) is 3.52. The zero-order valence-electron chi connectivity index (χ0n) is 14.1. The number of aliphatic hydroxyl groups is 2. The maximum absolute atomic E-state index is 12.2. The first-order valence-corrected chi connectivity index (χ1v) is 7.78. The zero-order valence-corrected chi connectivity index (χ0v) is 14.1. The Morgan fingerprint density at radius 1 is 1.15 bits per heavy atom. The normalized spacial score (nSPS) is 12.1. The summed E-state index contributed by atoms with van der Waals surface area (Å²) in [5.41, 5.74) is 0.670. The number of rotatable bonds is 8. The maximum atomic E-state index is 12.2. The molecular formula is C19H20O7. The van der Waals surface area contributed by atoms with Crippen LogP contribution in [0.4, 0.5) is 0 Å². The van der Waals surface area contributed by atoms with Gasteiger partial charge in [-0.15, -0.1) is 0 Å². The minimum Gasteiger partial charge on any atom is -0.507 e. The van der Waals surface area contributed by atoms with Crippen LogP contribution in [0.2, 0.25) is 0 Å². The van der Waals surface area contributed by atoms with Crippen LogP contribution in [0.1, 0.15) is 15.9 Å². The van der Waals surface area contributed by atoms with Gasteiger partial charge in [0, 0.05) is 6.07 Å². The lowest BCUT2D eigenvalue weighted by Gasteiger charge is -2.10. The number of phenols is 2. The lowest BCUT2D eigenvalue weighted by atomic mass is 10.1. The first-order chi connectivity index (χ1) is 12.4. The van der Waals surface area contributed by atoms with Crippen LogP contribution in [0.3, 0.4) is 0 Å². The average molecular weight is 360 g/mol. The quantitative estimate of drug-likeness (QED) is 0.418. The Hall–Kier alpha value is -3.03. The Bertz CT molecular complexity index is 798. The van der Waals surface area contributed by atoms with E-state index >= 15 is 0 Å². The van der Waals surface area contributed by atoms with Crippen molar-refractivity contribution in [2.45, 2.75) is 6.10 Å². The predicted molar refractivity (Wildman–Crippen MR) is 94.7 cm³/mol. The molecule has 7 heteroatoms. The largest absolute Gasteiger partial charge is 0.507 e. The minimum absolute atomic E-state index is 0.0449. The van der Waals surface area contributed by atoms with Gasteiger partial charge in [-0.2, -0.15) is 0 Å². The van der Waals surface area contributed by atoms with Gasteiger partial charge in [-0.25, -0.2) is 0 Å². The Morgan fingerprint density at radius 2 is 1.92 bits per heavy atom. The van der Waals surface area contributed by atoms with E-state index in [2.05, 4.69) is 0 Å². The average Bonchev–Trinajstić information content (AvgIpc) is 2.64. The number of allylic oxidation sites excluding steroid dienone is 1. The lowest BCUT2D eigenvalue weighted by molar-refractivity contribution is 0.0535. The van der Waals surface area contributed by atoms with Gasteiger partial charge in [0.05, 0.1) is 19.3 Å². The molecule has 0 aromatic heterocycles. The maximum Gasteiger partial charge on any atom is 0.189 e. The summed E-state index contributed by atoms with van der Waals surface area (Å²) in [6, 6.07) is 8.82. The van der Waals surface area contributed by atoms with Crippen molar-refractivity contribution in [3.05, 3.63) is 53.6 Å². The predicted octanol–water partition coefficient (Wildman–Crippen LogP) is 1.73. The summed E-state index contributed by atoms with van der Waals surface area (Å²) in [4.78, 5) is 12.2. The number of hydrogen-bond acceptors (Lipinski definition) is 7. The van der Waals surface area contributed by atoms with Gasteiger partial charge in [-0.05, 0) is 35.9 Å². The van der Waals surface area contributed by atoms with E-state index in [1.165, 1.54) is 43.5 Å². The van der Waals surface area contributed by atoms with Crippen LogP contribution in [-0.2, 0) is 0 Å². The van der Waals surface area contributed by atoms with Crippen LogP contribution in [0.25, 0.3) is 6.08 Å². The van der Waals surface area contributed by atoms with E-state index in [1.807, 2.05) is 0 Å². The fourth-order valence-corrected chi connectivity index (χ4v) is 2.13. The van der Waals surface area contributed by atoms with Crippen molar-refractivity contribution in [2.24, 2.45) is 0 Å². The number of ether oxygens (including phenoxy) is 2. The molecule has 2 rings (SSSR count). The fraction of sp³-hybridized carbons (Fsp3) is 0.211. The molecule has 0 aliphatic rings. The highest BCUT2D eigenvalue weighted by Crippen LogP contribution is 2.27. The molecule has 0 fully saturated rings. The van der Waals surface area contributed by atoms with Gasteiger partial charge in [0.15, 0.2) is 17.3 Å². The van der Waals surface area contributed by atoms with Crippen LogP contribution in [0.5, 0.6) is 23.0 Å². The van der Waals surface area contributed by atoms with Gasteiger partial charge in [0.1, 0.15) is 24.2 Å². The van der Waals surface area contributed by atoms with Crippen molar-refractivity contribution in [3.8, 4) is 23.0 Å².